The average Bonchev–Trinajstić information content (AvgIpc) is 3.42. The number of anilines is 2. The standard InChI is InChI=1S/C25H24FN5O3S/c1-16-21-14-22(35-25(21)31(29-16)20-8-2-17(26)3-9-20)24(33)28-19-6-4-18(5-7-19)27-23(32)15-30-10-12-34-13-11-30/h2-9,14H,10-13,15H2,1H3,(H,27,32)(H,28,33). The van der Waals surface area contributed by atoms with E-state index in [2.05, 4.69) is 20.6 Å². The smallest absolute Gasteiger partial charge is 0.265 e. The number of hydrogen-bond acceptors (Lipinski definition) is 6. The number of carbonyl (C=O) groups is 2. The van der Waals surface area contributed by atoms with Gasteiger partial charge in [0.2, 0.25) is 5.91 Å². The first kappa shape index (κ1) is 23.2. The minimum atomic E-state index is -0.317. The Balaban J connectivity index is 1.24. The van der Waals surface area contributed by atoms with Gasteiger partial charge in [-0.15, -0.1) is 11.3 Å². The highest BCUT2D eigenvalue weighted by atomic mass is 32.1. The lowest BCUT2D eigenvalue weighted by atomic mass is 10.2. The molecule has 0 aliphatic carbocycles. The lowest BCUT2D eigenvalue weighted by Gasteiger charge is -2.25. The highest BCUT2D eigenvalue weighted by Gasteiger charge is 2.18. The second kappa shape index (κ2) is 9.95. The van der Waals surface area contributed by atoms with E-state index in [1.807, 2.05) is 13.0 Å². The van der Waals surface area contributed by atoms with Crippen LogP contribution in [0.4, 0.5) is 15.8 Å². The lowest BCUT2D eigenvalue weighted by molar-refractivity contribution is -0.118. The zero-order chi connectivity index (χ0) is 24.4. The second-order valence-corrected chi connectivity index (χ2v) is 9.30. The van der Waals surface area contributed by atoms with E-state index >= 15 is 0 Å². The van der Waals surface area contributed by atoms with Gasteiger partial charge >= 0.3 is 0 Å². The Morgan fingerprint density at radius 2 is 1.69 bits per heavy atom. The van der Waals surface area contributed by atoms with Crippen molar-refractivity contribution in [2.75, 3.05) is 43.5 Å². The van der Waals surface area contributed by atoms with Gasteiger partial charge in [-0.1, -0.05) is 0 Å². The van der Waals surface area contributed by atoms with Gasteiger partial charge < -0.3 is 15.4 Å². The van der Waals surface area contributed by atoms with Crippen molar-refractivity contribution in [3.05, 3.63) is 71.0 Å². The number of nitrogens with zero attached hydrogens (tertiary/aromatic N) is 3. The molecule has 10 heteroatoms. The molecule has 2 aromatic carbocycles. The van der Waals surface area contributed by atoms with Crippen LogP contribution in [0.25, 0.3) is 15.9 Å². The highest BCUT2D eigenvalue weighted by molar-refractivity contribution is 7.20. The van der Waals surface area contributed by atoms with Crippen LogP contribution in [0.3, 0.4) is 0 Å². The number of halogens is 1. The summed E-state index contributed by atoms with van der Waals surface area (Å²) in [5.74, 6) is -0.636. The van der Waals surface area contributed by atoms with E-state index in [1.54, 1.807) is 41.1 Å². The fourth-order valence-electron chi connectivity index (χ4n) is 3.91. The molecule has 1 aliphatic heterocycles. The molecule has 3 heterocycles. The van der Waals surface area contributed by atoms with Crippen LogP contribution in [0.2, 0.25) is 0 Å². The van der Waals surface area contributed by atoms with Crippen molar-refractivity contribution in [3.8, 4) is 5.69 Å². The number of hydrogen-bond donors (Lipinski definition) is 2. The number of carbonyl (C=O) groups excluding carboxylic acids is 2. The third-order valence-corrected chi connectivity index (χ3v) is 6.85. The Morgan fingerprint density at radius 3 is 2.37 bits per heavy atom. The molecule has 1 saturated heterocycles. The van der Waals surface area contributed by atoms with Crippen molar-refractivity contribution in [1.29, 1.82) is 0 Å². The van der Waals surface area contributed by atoms with Gasteiger partial charge in [-0.3, -0.25) is 14.5 Å². The SMILES string of the molecule is Cc1nn(-c2ccc(F)cc2)c2sc(C(=O)Nc3ccc(NC(=O)CN4CCOCC4)cc3)cc12. The van der Waals surface area contributed by atoms with Crippen molar-refractivity contribution in [3.63, 3.8) is 0 Å². The first-order valence-electron chi connectivity index (χ1n) is 11.2. The molecule has 8 nitrogen and oxygen atoms in total. The van der Waals surface area contributed by atoms with Crippen molar-refractivity contribution in [2.24, 2.45) is 0 Å². The summed E-state index contributed by atoms with van der Waals surface area (Å²) in [4.78, 5) is 28.6. The molecule has 1 aliphatic rings. The van der Waals surface area contributed by atoms with Crippen LogP contribution in [0.15, 0.2) is 54.6 Å². The quantitative estimate of drug-likeness (QED) is 0.423. The highest BCUT2D eigenvalue weighted by Crippen LogP contribution is 2.31. The van der Waals surface area contributed by atoms with E-state index in [9.17, 15) is 14.0 Å². The maximum Gasteiger partial charge on any atom is 0.265 e. The summed E-state index contributed by atoms with van der Waals surface area (Å²) >= 11 is 1.32. The van der Waals surface area contributed by atoms with Crippen LogP contribution >= 0.6 is 11.3 Å². The summed E-state index contributed by atoms with van der Waals surface area (Å²) < 4.78 is 20.3. The summed E-state index contributed by atoms with van der Waals surface area (Å²) in [6.07, 6.45) is 0. The maximum absolute atomic E-state index is 13.3. The Morgan fingerprint density at radius 1 is 1.03 bits per heavy atom. The summed E-state index contributed by atoms with van der Waals surface area (Å²) in [6.45, 7) is 4.98. The molecule has 0 spiro atoms. The number of thiophene rings is 1. The normalized spacial score (nSPS) is 14.2. The van der Waals surface area contributed by atoms with Gasteiger partial charge in [0, 0.05) is 29.9 Å². The van der Waals surface area contributed by atoms with E-state index in [0.29, 0.717) is 36.0 Å². The number of aryl methyl sites for hydroxylation is 1. The van der Waals surface area contributed by atoms with Crippen molar-refractivity contribution in [1.82, 2.24) is 14.7 Å². The van der Waals surface area contributed by atoms with Crippen molar-refractivity contribution >= 4 is 44.7 Å². The predicted molar refractivity (Wildman–Crippen MR) is 134 cm³/mol. The molecule has 2 aromatic heterocycles. The second-order valence-electron chi connectivity index (χ2n) is 8.27. The molecule has 0 unspecified atom stereocenters. The van der Waals surface area contributed by atoms with Crippen LogP contribution < -0.4 is 10.6 Å². The zero-order valence-corrected chi connectivity index (χ0v) is 19.9. The molecule has 180 valence electrons. The summed E-state index contributed by atoms with van der Waals surface area (Å²) in [6, 6.07) is 14.9. The summed E-state index contributed by atoms with van der Waals surface area (Å²) in [5, 5.41) is 11.2. The Kier molecular flexibility index (Phi) is 6.58. The van der Waals surface area contributed by atoms with Crippen LogP contribution in [0.1, 0.15) is 15.4 Å². The molecule has 0 radical (unpaired) electrons. The Labute approximate surface area is 205 Å². The van der Waals surface area contributed by atoms with Gasteiger partial charge in [0.05, 0.1) is 36.0 Å². The topological polar surface area (TPSA) is 88.5 Å². The molecular formula is C25H24FN5O3S. The minimum Gasteiger partial charge on any atom is -0.379 e. The van der Waals surface area contributed by atoms with Crippen LogP contribution in [0.5, 0.6) is 0 Å². The Bertz CT molecular complexity index is 1360. The average molecular weight is 494 g/mol. The van der Waals surface area contributed by atoms with E-state index in [-0.39, 0.29) is 17.6 Å². The third kappa shape index (κ3) is 5.24. The Hall–Kier alpha value is -3.60. The van der Waals surface area contributed by atoms with Crippen molar-refractivity contribution in [2.45, 2.75) is 6.92 Å². The van der Waals surface area contributed by atoms with Crippen LogP contribution in [-0.4, -0.2) is 59.3 Å². The largest absolute Gasteiger partial charge is 0.379 e. The number of amides is 2. The molecule has 0 saturated carbocycles. The van der Waals surface area contributed by atoms with Gasteiger partial charge in [-0.25, -0.2) is 9.07 Å². The number of morpholine rings is 1. The van der Waals surface area contributed by atoms with Crippen molar-refractivity contribution < 1.29 is 18.7 Å². The predicted octanol–water partition coefficient (Wildman–Crippen LogP) is 4.06. The first-order valence-corrected chi connectivity index (χ1v) is 12.0. The number of benzene rings is 2. The third-order valence-electron chi connectivity index (χ3n) is 5.74. The molecule has 0 bridgehead atoms. The van der Waals surface area contributed by atoms with E-state index in [4.69, 9.17) is 4.74 Å². The van der Waals surface area contributed by atoms with E-state index < -0.39 is 0 Å². The zero-order valence-electron chi connectivity index (χ0n) is 19.1. The van der Waals surface area contributed by atoms with Gasteiger partial charge in [-0.2, -0.15) is 5.10 Å². The number of rotatable bonds is 6. The molecular weight excluding hydrogens is 469 g/mol. The van der Waals surface area contributed by atoms with Gasteiger partial charge in [0.15, 0.2) is 0 Å². The summed E-state index contributed by atoms with van der Waals surface area (Å²) in [7, 11) is 0. The molecule has 1 fully saturated rings. The fraction of sp³-hybridized carbons (Fsp3) is 0.240. The number of fused-ring (bicyclic) bond motifs is 1. The summed E-state index contributed by atoms with van der Waals surface area (Å²) in [5.41, 5.74) is 2.80. The molecule has 35 heavy (non-hydrogen) atoms. The maximum atomic E-state index is 13.3. The number of nitrogens with one attached hydrogen (secondary N) is 2. The number of aromatic nitrogens is 2. The van der Waals surface area contributed by atoms with Crippen LogP contribution in [-0.2, 0) is 9.53 Å². The van der Waals surface area contributed by atoms with E-state index in [1.165, 1.54) is 23.5 Å². The molecule has 0 atom stereocenters. The van der Waals surface area contributed by atoms with E-state index in [0.717, 1.165) is 34.7 Å². The molecule has 4 aromatic rings. The van der Waals surface area contributed by atoms with Crippen LogP contribution in [0, 0.1) is 12.7 Å². The van der Waals surface area contributed by atoms with Gasteiger partial charge in [-0.05, 0) is 61.5 Å². The molecule has 5 rings (SSSR count). The molecule has 2 N–H and O–H groups in total. The van der Waals surface area contributed by atoms with Gasteiger partial charge in [0.25, 0.3) is 5.91 Å². The fourth-order valence-corrected chi connectivity index (χ4v) is 4.99. The molecule has 2 amide bonds. The monoisotopic (exact) mass is 493 g/mol. The number of ether oxygens (including phenoxy) is 1. The van der Waals surface area contributed by atoms with Gasteiger partial charge in [0.1, 0.15) is 10.6 Å². The first-order chi connectivity index (χ1) is 17.0. The minimum absolute atomic E-state index is 0.0838. The lowest BCUT2D eigenvalue weighted by Crippen LogP contribution is -2.41.